The molecule has 0 spiro atoms. The Morgan fingerprint density at radius 2 is 1.71 bits per heavy atom. The maximum atomic E-state index is 13.1. The van der Waals surface area contributed by atoms with Crippen molar-refractivity contribution in [1.29, 1.82) is 0 Å². The van der Waals surface area contributed by atoms with Crippen LogP contribution in [-0.4, -0.2) is 16.0 Å². The van der Waals surface area contributed by atoms with Gasteiger partial charge in [-0.15, -0.1) is 10.2 Å². The first kappa shape index (κ1) is 14.5. The third kappa shape index (κ3) is 2.63. The molecule has 0 bridgehead atoms. The summed E-state index contributed by atoms with van der Waals surface area (Å²) in [6.45, 7) is 0. The van der Waals surface area contributed by atoms with Gasteiger partial charge in [-0.05, 0) is 12.1 Å². The highest BCUT2D eigenvalue weighted by molar-refractivity contribution is 6.37. The summed E-state index contributed by atoms with van der Waals surface area (Å²) < 4.78 is 93.7. The molecule has 4 nitrogen and oxygen atoms in total. The summed E-state index contributed by atoms with van der Waals surface area (Å²) in [6.07, 6.45) is -10.1. The number of nitrogens with zero attached hydrogens (tertiary/aromatic N) is 4. The predicted octanol–water partition coefficient (Wildman–Crippen LogP) is 5.38. The summed E-state index contributed by atoms with van der Waals surface area (Å²) in [4.78, 5) is 0. The van der Waals surface area contributed by atoms with Gasteiger partial charge < -0.3 is 0 Å². The van der Waals surface area contributed by atoms with Gasteiger partial charge in [0.1, 0.15) is 5.69 Å². The zero-order valence-electron chi connectivity index (χ0n) is 13.0. The number of hydrogen-bond donors (Lipinski definition) is 0. The van der Waals surface area contributed by atoms with Crippen molar-refractivity contribution in [3.8, 4) is 5.69 Å². The molecule has 3 rings (SSSR count). The zero-order valence-corrected chi connectivity index (χ0v) is 12.5. The second-order valence-electron chi connectivity index (χ2n) is 4.64. The van der Waals surface area contributed by atoms with Crippen LogP contribution < -0.4 is 0 Å². The first-order valence-electron chi connectivity index (χ1n) is 6.93. The van der Waals surface area contributed by atoms with Crippen LogP contribution in [0.2, 0.25) is 10.0 Å². The molecule has 0 saturated heterocycles. The first-order valence-corrected chi connectivity index (χ1v) is 6.69. The van der Waals surface area contributed by atoms with Crippen molar-refractivity contribution in [2.75, 3.05) is 0 Å². The van der Waals surface area contributed by atoms with Crippen molar-refractivity contribution < 1.29 is 29.1 Å². The third-order valence-corrected chi connectivity index (χ3v) is 3.63. The maximum absolute atomic E-state index is 13.1. The molecule has 0 N–H and O–H groups in total. The highest BCUT2D eigenvalue weighted by Crippen LogP contribution is 2.52. The van der Waals surface area contributed by atoms with Gasteiger partial charge >= 0.3 is 18.0 Å². The Labute approximate surface area is 142 Å². The van der Waals surface area contributed by atoms with E-state index < -0.39 is 57.1 Å². The van der Waals surface area contributed by atoms with Gasteiger partial charge in [0.2, 0.25) is 0 Å². The van der Waals surface area contributed by atoms with Crippen LogP contribution in [0.4, 0.5) is 26.3 Å². The molecule has 0 atom stereocenters. The molecular formula is C12H4Cl2F6N4. The van der Waals surface area contributed by atoms with Gasteiger partial charge in [0.25, 0.3) is 0 Å². The average molecular weight is 393 g/mol. The summed E-state index contributed by atoms with van der Waals surface area (Å²) in [5.74, 6) is 0. The third-order valence-electron chi connectivity index (χ3n) is 3.07. The molecule has 0 saturated carbocycles. The predicted molar refractivity (Wildman–Crippen MR) is 71.2 cm³/mol. The Kier molecular flexibility index (Phi) is 3.08. The fourth-order valence-electron chi connectivity index (χ4n) is 1.85. The van der Waals surface area contributed by atoms with Crippen LogP contribution in [0.3, 0.4) is 0 Å². The molecule has 0 unspecified atom stereocenters. The number of hydrogen-bond acceptors (Lipinski definition) is 3. The first-order chi connectivity index (χ1) is 11.8. The summed E-state index contributed by atoms with van der Waals surface area (Å²) in [5, 5.41) is 7.92. The molecule has 2 heterocycles. The summed E-state index contributed by atoms with van der Waals surface area (Å²) >= 11 is 11.5. The van der Waals surface area contributed by atoms with Gasteiger partial charge in [0.15, 0.2) is 0 Å². The molecule has 0 aliphatic carbocycles. The number of aromatic nitrogens is 2. The molecule has 2 aromatic rings. The van der Waals surface area contributed by atoms with Crippen LogP contribution in [0.1, 0.15) is 13.9 Å². The van der Waals surface area contributed by atoms with Crippen LogP contribution >= 0.6 is 23.2 Å². The van der Waals surface area contributed by atoms with E-state index in [2.05, 4.69) is 15.3 Å². The quantitative estimate of drug-likeness (QED) is 0.632. The smallest absolute Gasteiger partial charge is 0.237 e. The van der Waals surface area contributed by atoms with Crippen molar-refractivity contribution in [3.05, 3.63) is 45.7 Å². The van der Waals surface area contributed by atoms with E-state index in [1.807, 2.05) is 0 Å². The molecule has 1 aromatic carbocycles. The second kappa shape index (κ2) is 5.09. The zero-order chi connectivity index (χ0) is 19.7. The molecule has 12 heteroatoms. The topological polar surface area (TPSA) is 42.5 Å². The molecule has 1 aliphatic heterocycles. The minimum atomic E-state index is -4.93. The lowest BCUT2D eigenvalue weighted by molar-refractivity contribution is -0.166. The lowest BCUT2D eigenvalue weighted by Crippen LogP contribution is -2.29. The number of benzene rings is 1. The van der Waals surface area contributed by atoms with Gasteiger partial charge in [-0.25, -0.2) is 4.68 Å². The lowest BCUT2D eigenvalue weighted by Gasteiger charge is -2.13. The van der Waals surface area contributed by atoms with Gasteiger partial charge in [-0.2, -0.15) is 31.4 Å². The summed E-state index contributed by atoms with van der Waals surface area (Å²) in [6, 6.07) is -0.765. The Hall–Kier alpha value is -1.81. The Morgan fingerprint density at radius 1 is 1.08 bits per heavy atom. The van der Waals surface area contributed by atoms with E-state index in [0.29, 0.717) is 16.9 Å². The maximum Gasteiger partial charge on any atom is 0.442 e. The normalized spacial score (nSPS) is 17.7. The van der Waals surface area contributed by atoms with Gasteiger partial charge in [0.05, 0.1) is 30.1 Å². The van der Waals surface area contributed by atoms with Crippen molar-refractivity contribution in [2.45, 2.75) is 18.0 Å². The number of rotatable bonds is 2. The standard InChI is InChI=1S/C12H4Cl2F6N4/c13-7-1-5(11(15,16)17)2-8(14)9(7)24-4-6(3-21-24)10(22-23-10)12(18,19)20/h1-4H/i1T,4T. The van der Waals surface area contributed by atoms with Crippen LogP contribution in [0.25, 0.3) is 5.69 Å². The summed E-state index contributed by atoms with van der Waals surface area (Å²) in [5.41, 5.74) is -5.66. The number of halogens is 8. The van der Waals surface area contributed by atoms with Gasteiger partial charge in [-0.3, -0.25) is 0 Å². The molecule has 0 fully saturated rings. The van der Waals surface area contributed by atoms with Crippen LogP contribution in [0.5, 0.6) is 0 Å². The highest BCUT2D eigenvalue weighted by atomic mass is 35.5. The van der Waals surface area contributed by atoms with Crippen LogP contribution in [0, 0.1) is 0 Å². The molecule has 128 valence electrons. The van der Waals surface area contributed by atoms with E-state index in [4.69, 9.17) is 25.9 Å². The minimum Gasteiger partial charge on any atom is -0.237 e. The largest absolute Gasteiger partial charge is 0.442 e. The second-order valence-corrected chi connectivity index (χ2v) is 5.43. The fraction of sp³-hybridized carbons (Fsp3) is 0.250. The number of alkyl halides is 6. The Bertz CT molecular complexity index is 931. The van der Waals surface area contributed by atoms with E-state index in [1.54, 1.807) is 0 Å². The monoisotopic (exact) mass is 392 g/mol. The molecule has 24 heavy (non-hydrogen) atoms. The molecule has 1 aliphatic rings. The molecule has 1 aromatic heterocycles. The fourth-order valence-corrected chi connectivity index (χ4v) is 2.47. The van der Waals surface area contributed by atoms with Crippen molar-refractivity contribution in [2.24, 2.45) is 10.2 Å². The van der Waals surface area contributed by atoms with E-state index >= 15 is 0 Å². The van der Waals surface area contributed by atoms with Crippen LogP contribution in [-0.2, 0) is 11.8 Å². The average Bonchev–Trinajstić information content (AvgIpc) is 3.22. The molecule has 0 amide bonds. The minimum absolute atomic E-state index is 0.386. The lowest BCUT2D eigenvalue weighted by atomic mass is 10.1. The summed E-state index contributed by atoms with van der Waals surface area (Å²) in [7, 11) is 0. The van der Waals surface area contributed by atoms with Crippen molar-refractivity contribution in [1.82, 2.24) is 9.78 Å². The van der Waals surface area contributed by atoms with Gasteiger partial charge in [-0.1, -0.05) is 23.2 Å². The SMILES string of the molecule is [3H]c1c(C(F)(F)F)cc(Cl)c(-n2ncc(C3(C(F)(F)F)N=N3)c2[3H])c1Cl. The van der Waals surface area contributed by atoms with Crippen LogP contribution in [0.15, 0.2) is 34.7 Å². The Morgan fingerprint density at radius 3 is 2.21 bits per heavy atom. The van der Waals surface area contributed by atoms with Gasteiger partial charge in [0, 0.05) is 6.17 Å². The van der Waals surface area contributed by atoms with E-state index in [9.17, 15) is 26.3 Å². The molecule has 0 radical (unpaired) electrons. The van der Waals surface area contributed by atoms with E-state index in [1.165, 1.54) is 0 Å². The van der Waals surface area contributed by atoms with Crippen molar-refractivity contribution in [3.63, 3.8) is 0 Å². The van der Waals surface area contributed by atoms with E-state index in [0.717, 1.165) is 0 Å². The van der Waals surface area contributed by atoms with E-state index in [-0.39, 0.29) is 0 Å². The highest BCUT2D eigenvalue weighted by Gasteiger charge is 2.65. The van der Waals surface area contributed by atoms with Crippen molar-refractivity contribution >= 4 is 23.2 Å². The molecular weight excluding hydrogens is 385 g/mol. The Balaban J connectivity index is 2.17.